The van der Waals surface area contributed by atoms with Gasteiger partial charge in [0.1, 0.15) is 4.90 Å². The van der Waals surface area contributed by atoms with Crippen molar-refractivity contribution in [2.75, 3.05) is 11.1 Å². The number of rotatable bonds is 4. The van der Waals surface area contributed by atoms with Crippen molar-refractivity contribution in [2.45, 2.75) is 18.7 Å². The van der Waals surface area contributed by atoms with E-state index < -0.39 is 26.9 Å². The van der Waals surface area contributed by atoms with Crippen LogP contribution in [-0.2, 0) is 14.9 Å². The number of hydrogen-bond acceptors (Lipinski definition) is 6. The van der Waals surface area contributed by atoms with E-state index in [1.807, 2.05) is 0 Å². The number of ether oxygens (including phenoxy) is 1. The Morgan fingerprint density at radius 3 is 2.31 bits per heavy atom. The Morgan fingerprint density at radius 1 is 1.07 bits per heavy atom. The summed E-state index contributed by atoms with van der Waals surface area (Å²) >= 11 is 0. The predicted octanol–water partition coefficient (Wildman–Crippen LogP) is 3.15. The maximum atomic E-state index is 12.8. The molecule has 0 atom stereocenters. The van der Waals surface area contributed by atoms with E-state index in [9.17, 15) is 22.6 Å². The molecule has 0 saturated carbocycles. The third kappa shape index (κ3) is 4.20. The molecule has 0 saturated heterocycles. The summed E-state index contributed by atoms with van der Waals surface area (Å²) in [6.45, 7) is 2.89. The van der Waals surface area contributed by atoms with Gasteiger partial charge in [-0.3, -0.25) is 14.1 Å². The third-order valence-electron chi connectivity index (χ3n) is 4.27. The van der Waals surface area contributed by atoms with Gasteiger partial charge in [0, 0.05) is 35.0 Å². The molecule has 3 aromatic carbocycles. The predicted molar refractivity (Wildman–Crippen MR) is 109 cm³/mol. The van der Waals surface area contributed by atoms with Crippen LogP contribution < -0.4 is 15.8 Å². The highest BCUT2D eigenvalue weighted by molar-refractivity contribution is 7.86. The van der Waals surface area contributed by atoms with Crippen LogP contribution in [0.3, 0.4) is 0 Å². The Kier molecular flexibility index (Phi) is 5.27. The number of nitrogen functional groups attached to an aromatic ring is 1. The molecule has 0 aliphatic carbocycles. The first-order chi connectivity index (χ1) is 13.6. The number of benzene rings is 3. The van der Waals surface area contributed by atoms with E-state index in [1.54, 1.807) is 37.3 Å². The molecule has 8 nitrogen and oxygen atoms in total. The largest absolute Gasteiger partial charge is 0.424 e. The number of amides is 1. The number of carbonyl (C=O) groups excluding carboxylic acids is 2. The first-order valence-corrected chi connectivity index (χ1v) is 9.91. The Bertz CT molecular complexity index is 1250. The minimum Gasteiger partial charge on any atom is -0.424 e. The van der Waals surface area contributed by atoms with E-state index in [0.29, 0.717) is 16.8 Å². The van der Waals surface area contributed by atoms with Crippen molar-refractivity contribution in [2.24, 2.45) is 0 Å². The Morgan fingerprint density at radius 2 is 1.72 bits per heavy atom. The molecule has 0 fully saturated rings. The van der Waals surface area contributed by atoms with Gasteiger partial charge in [-0.2, -0.15) is 8.42 Å². The quantitative estimate of drug-likeness (QED) is 0.258. The Balaban J connectivity index is 2.21. The fourth-order valence-corrected chi connectivity index (χ4v) is 3.61. The molecule has 0 heterocycles. The number of nitrogens with two attached hydrogens (primary N) is 1. The minimum absolute atomic E-state index is 0.0997. The lowest BCUT2D eigenvalue weighted by atomic mass is 10.1. The average Bonchev–Trinajstić information content (AvgIpc) is 2.64. The number of esters is 1. The second-order valence-electron chi connectivity index (χ2n) is 6.39. The van der Waals surface area contributed by atoms with Crippen LogP contribution in [-0.4, -0.2) is 24.8 Å². The molecule has 0 spiro atoms. The van der Waals surface area contributed by atoms with Crippen molar-refractivity contribution in [3.05, 3.63) is 59.7 Å². The van der Waals surface area contributed by atoms with Gasteiger partial charge in [-0.15, -0.1) is 0 Å². The smallest absolute Gasteiger partial charge is 0.308 e. The summed E-state index contributed by atoms with van der Waals surface area (Å²) in [6, 6.07) is 12.0. The summed E-state index contributed by atoms with van der Waals surface area (Å²) in [4.78, 5) is 23.9. The monoisotopic (exact) mass is 414 g/mol. The summed E-state index contributed by atoms with van der Waals surface area (Å²) < 4.78 is 38.4. The van der Waals surface area contributed by atoms with E-state index in [2.05, 4.69) is 5.32 Å². The molecule has 3 rings (SSSR count). The number of anilines is 2. The van der Waals surface area contributed by atoms with Gasteiger partial charge in [-0.25, -0.2) is 0 Å². The standard InChI is InChI=1S/C20H18N2O6S/c1-11-9-13(7-8-16(11)21)20(24)22-19-15-6-4-3-5-14(15)18(29(25,26)27)10-17(19)28-12(2)23/h3-10H,21H2,1-2H3,(H,22,24)(H,25,26,27). The number of aryl methyl sites for hydroxylation is 1. The van der Waals surface area contributed by atoms with Gasteiger partial charge < -0.3 is 15.8 Å². The molecule has 3 aromatic rings. The fraction of sp³-hybridized carbons (Fsp3) is 0.100. The molecular formula is C20H18N2O6S. The normalized spacial score (nSPS) is 11.3. The van der Waals surface area contributed by atoms with Crippen molar-refractivity contribution < 1.29 is 27.3 Å². The fourth-order valence-electron chi connectivity index (χ4n) is 2.90. The topological polar surface area (TPSA) is 136 Å². The number of nitrogens with one attached hydrogen (secondary N) is 1. The maximum Gasteiger partial charge on any atom is 0.308 e. The van der Waals surface area contributed by atoms with Crippen LogP contribution in [0.4, 0.5) is 11.4 Å². The second kappa shape index (κ2) is 7.53. The molecular weight excluding hydrogens is 396 g/mol. The molecule has 0 aliphatic heterocycles. The Hall–Kier alpha value is -3.43. The highest BCUT2D eigenvalue weighted by Gasteiger charge is 2.22. The second-order valence-corrected chi connectivity index (χ2v) is 7.78. The van der Waals surface area contributed by atoms with E-state index in [0.717, 1.165) is 13.0 Å². The Labute approximate surface area is 167 Å². The van der Waals surface area contributed by atoms with Crippen LogP contribution >= 0.6 is 0 Å². The molecule has 0 aliphatic rings. The van der Waals surface area contributed by atoms with Gasteiger partial charge in [-0.05, 0) is 30.7 Å². The van der Waals surface area contributed by atoms with Gasteiger partial charge in [0.15, 0.2) is 5.75 Å². The van der Waals surface area contributed by atoms with Crippen molar-refractivity contribution >= 4 is 44.1 Å². The van der Waals surface area contributed by atoms with Gasteiger partial charge in [0.25, 0.3) is 16.0 Å². The van der Waals surface area contributed by atoms with E-state index in [4.69, 9.17) is 10.5 Å². The van der Waals surface area contributed by atoms with Crippen molar-refractivity contribution in [1.82, 2.24) is 0 Å². The highest BCUT2D eigenvalue weighted by atomic mass is 32.2. The molecule has 1 amide bonds. The highest BCUT2D eigenvalue weighted by Crippen LogP contribution is 2.38. The molecule has 0 unspecified atom stereocenters. The van der Waals surface area contributed by atoms with Crippen LogP contribution in [0.2, 0.25) is 0 Å². The van der Waals surface area contributed by atoms with E-state index in [1.165, 1.54) is 12.1 Å². The molecule has 0 radical (unpaired) electrons. The van der Waals surface area contributed by atoms with Crippen LogP contribution in [0.15, 0.2) is 53.4 Å². The summed E-state index contributed by atoms with van der Waals surface area (Å²) in [5.41, 5.74) is 7.44. The van der Waals surface area contributed by atoms with Gasteiger partial charge in [0.05, 0.1) is 5.69 Å². The first-order valence-electron chi connectivity index (χ1n) is 8.47. The average molecular weight is 414 g/mol. The zero-order valence-corrected chi connectivity index (χ0v) is 16.4. The summed E-state index contributed by atoms with van der Waals surface area (Å²) in [6.07, 6.45) is 0. The lowest BCUT2D eigenvalue weighted by Crippen LogP contribution is -2.15. The van der Waals surface area contributed by atoms with Crippen LogP contribution in [0.5, 0.6) is 5.75 Å². The summed E-state index contributed by atoms with van der Waals surface area (Å²) in [7, 11) is -4.61. The van der Waals surface area contributed by atoms with Crippen LogP contribution in [0.25, 0.3) is 10.8 Å². The number of carbonyl (C=O) groups is 2. The van der Waals surface area contributed by atoms with Gasteiger partial charge in [-0.1, -0.05) is 24.3 Å². The molecule has 29 heavy (non-hydrogen) atoms. The SMILES string of the molecule is CC(=O)Oc1cc(S(=O)(=O)O)c2ccccc2c1NC(=O)c1ccc(N)c(C)c1. The lowest BCUT2D eigenvalue weighted by molar-refractivity contribution is -0.131. The zero-order chi connectivity index (χ0) is 21.3. The number of hydrogen-bond donors (Lipinski definition) is 3. The maximum absolute atomic E-state index is 12.8. The third-order valence-corrected chi connectivity index (χ3v) is 5.17. The van der Waals surface area contributed by atoms with E-state index in [-0.39, 0.29) is 22.2 Å². The molecule has 150 valence electrons. The van der Waals surface area contributed by atoms with Crippen molar-refractivity contribution in [1.29, 1.82) is 0 Å². The zero-order valence-electron chi connectivity index (χ0n) is 15.6. The van der Waals surface area contributed by atoms with E-state index >= 15 is 0 Å². The molecule has 0 bridgehead atoms. The minimum atomic E-state index is -4.61. The van der Waals surface area contributed by atoms with Crippen molar-refractivity contribution in [3.8, 4) is 5.75 Å². The van der Waals surface area contributed by atoms with Crippen molar-refractivity contribution in [3.63, 3.8) is 0 Å². The van der Waals surface area contributed by atoms with Gasteiger partial charge in [0.2, 0.25) is 0 Å². The van der Waals surface area contributed by atoms with Crippen LogP contribution in [0, 0.1) is 6.92 Å². The molecule has 0 aromatic heterocycles. The lowest BCUT2D eigenvalue weighted by Gasteiger charge is -2.16. The molecule has 4 N–H and O–H groups in total. The molecule has 9 heteroatoms. The van der Waals surface area contributed by atoms with Crippen LogP contribution in [0.1, 0.15) is 22.8 Å². The summed E-state index contributed by atoms with van der Waals surface area (Å²) in [5, 5.41) is 3.11. The summed E-state index contributed by atoms with van der Waals surface area (Å²) in [5.74, 6) is -1.43. The van der Waals surface area contributed by atoms with Gasteiger partial charge >= 0.3 is 5.97 Å². The first kappa shape index (κ1) is 20.3. The number of fused-ring (bicyclic) bond motifs is 1.